The Morgan fingerprint density at radius 2 is 2.32 bits per heavy atom. The minimum Gasteiger partial charge on any atom is -0.492 e. The normalized spacial score (nSPS) is 21.0. The van der Waals surface area contributed by atoms with Crippen molar-refractivity contribution in [2.24, 2.45) is 0 Å². The first-order valence-corrected chi connectivity index (χ1v) is 8.20. The molecule has 1 aromatic rings. The summed E-state index contributed by atoms with van der Waals surface area (Å²) in [6, 6.07) is 4.78. The Bertz CT molecular complexity index is 499. The Hall–Kier alpha value is -1.30. The van der Waals surface area contributed by atoms with E-state index in [4.69, 9.17) is 9.47 Å². The lowest BCUT2D eigenvalue weighted by molar-refractivity contribution is 0.195. The fourth-order valence-electron chi connectivity index (χ4n) is 3.00. The predicted molar refractivity (Wildman–Crippen MR) is 88.7 cm³/mol. The first-order chi connectivity index (χ1) is 10.7. The Balaban J connectivity index is 1.75. The maximum atomic E-state index is 5.95. The minimum atomic E-state index is 0.419. The lowest BCUT2D eigenvalue weighted by atomic mass is 9.98. The van der Waals surface area contributed by atoms with Gasteiger partial charge in [0, 0.05) is 31.5 Å². The number of ether oxygens (including phenoxy) is 2. The minimum absolute atomic E-state index is 0.419. The average Bonchev–Trinajstić information content (AvgIpc) is 3.00. The summed E-state index contributed by atoms with van der Waals surface area (Å²) < 4.78 is 11.4. The van der Waals surface area contributed by atoms with Crippen LogP contribution >= 0.6 is 0 Å². The fraction of sp³-hybridized carbons (Fsp3) is 0.647. The zero-order chi connectivity index (χ0) is 15.4. The van der Waals surface area contributed by atoms with E-state index in [1.807, 2.05) is 0 Å². The number of nitrogens with one attached hydrogen (secondary N) is 2. The van der Waals surface area contributed by atoms with Crippen molar-refractivity contribution in [1.82, 2.24) is 10.2 Å². The van der Waals surface area contributed by atoms with Gasteiger partial charge in [-0.05, 0) is 50.7 Å². The molecular weight excluding hydrogens is 278 g/mol. The van der Waals surface area contributed by atoms with Crippen molar-refractivity contribution in [3.8, 4) is 5.75 Å². The lowest BCUT2D eigenvalue weighted by Gasteiger charge is -2.24. The van der Waals surface area contributed by atoms with Crippen molar-refractivity contribution in [2.75, 3.05) is 52.3 Å². The summed E-state index contributed by atoms with van der Waals surface area (Å²) in [6.45, 7) is 5.28. The highest BCUT2D eigenvalue weighted by molar-refractivity contribution is 5.60. The molecule has 0 aliphatic carbocycles. The molecule has 0 radical (unpaired) electrons. The molecule has 0 aromatic heterocycles. The highest BCUT2D eigenvalue weighted by Gasteiger charge is 2.20. The van der Waals surface area contributed by atoms with Gasteiger partial charge in [0.25, 0.3) is 0 Å². The van der Waals surface area contributed by atoms with Gasteiger partial charge in [-0.2, -0.15) is 0 Å². The summed E-state index contributed by atoms with van der Waals surface area (Å²) in [6.07, 6.45) is 2.14. The number of benzene rings is 1. The molecule has 0 amide bonds. The smallest absolute Gasteiger partial charge is 0.121 e. The molecule has 0 saturated carbocycles. The van der Waals surface area contributed by atoms with Gasteiger partial charge in [0.05, 0.1) is 12.6 Å². The number of fused-ring (bicyclic) bond motifs is 1. The van der Waals surface area contributed by atoms with Crippen LogP contribution in [0.5, 0.6) is 5.75 Å². The van der Waals surface area contributed by atoms with Gasteiger partial charge in [0.15, 0.2) is 0 Å². The van der Waals surface area contributed by atoms with Crippen molar-refractivity contribution in [1.29, 1.82) is 0 Å². The van der Waals surface area contributed by atoms with Crippen LogP contribution < -0.4 is 15.4 Å². The Kier molecular flexibility index (Phi) is 5.18. The second-order valence-corrected chi connectivity index (χ2v) is 6.39. The Morgan fingerprint density at radius 1 is 1.41 bits per heavy atom. The first kappa shape index (κ1) is 15.6. The molecule has 2 aliphatic heterocycles. The molecule has 1 saturated heterocycles. The molecule has 2 N–H and O–H groups in total. The van der Waals surface area contributed by atoms with E-state index in [1.54, 1.807) is 0 Å². The van der Waals surface area contributed by atoms with Gasteiger partial charge in [-0.25, -0.2) is 0 Å². The van der Waals surface area contributed by atoms with Crippen LogP contribution in [0.25, 0.3) is 0 Å². The van der Waals surface area contributed by atoms with Gasteiger partial charge < -0.3 is 25.0 Å². The number of anilines is 1. The molecule has 1 fully saturated rings. The highest BCUT2D eigenvalue weighted by atomic mass is 16.5. The molecule has 22 heavy (non-hydrogen) atoms. The second-order valence-electron chi connectivity index (χ2n) is 6.39. The summed E-state index contributed by atoms with van der Waals surface area (Å²) in [5.41, 5.74) is 4.00. The second kappa shape index (κ2) is 7.31. The zero-order valence-electron chi connectivity index (χ0n) is 13.7. The largest absolute Gasteiger partial charge is 0.492 e. The van der Waals surface area contributed by atoms with Gasteiger partial charge in [-0.15, -0.1) is 0 Å². The number of nitrogens with zero attached hydrogens (tertiary/aromatic N) is 1. The molecule has 5 heteroatoms. The van der Waals surface area contributed by atoms with Crippen LogP contribution in [-0.4, -0.2) is 57.9 Å². The summed E-state index contributed by atoms with van der Waals surface area (Å²) in [4.78, 5) is 2.14. The average molecular weight is 305 g/mol. The van der Waals surface area contributed by atoms with E-state index < -0.39 is 0 Å². The van der Waals surface area contributed by atoms with Crippen LogP contribution in [0.15, 0.2) is 12.1 Å². The third kappa shape index (κ3) is 3.91. The molecule has 5 nitrogen and oxygen atoms in total. The van der Waals surface area contributed by atoms with Crippen molar-refractivity contribution in [3.63, 3.8) is 0 Å². The lowest BCUT2D eigenvalue weighted by Crippen LogP contribution is -2.27. The van der Waals surface area contributed by atoms with Gasteiger partial charge in [0.2, 0.25) is 0 Å². The number of hydrogen-bond donors (Lipinski definition) is 2. The van der Waals surface area contributed by atoms with E-state index in [9.17, 15) is 0 Å². The van der Waals surface area contributed by atoms with E-state index in [0.717, 1.165) is 58.0 Å². The van der Waals surface area contributed by atoms with Crippen molar-refractivity contribution < 1.29 is 9.47 Å². The molecule has 2 heterocycles. The molecule has 0 unspecified atom stereocenters. The van der Waals surface area contributed by atoms with Crippen LogP contribution in [0.1, 0.15) is 17.5 Å². The molecule has 122 valence electrons. The SMILES string of the molecule is CN(C)CCOc1cc2c(c(N[C@@H]3CCOC3)c1)CNCC2. The van der Waals surface area contributed by atoms with E-state index >= 15 is 0 Å². The monoisotopic (exact) mass is 305 g/mol. The predicted octanol–water partition coefficient (Wildman–Crippen LogP) is 1.47. The molecule has 1 atom stereocenters. The van der Waals surface area contributed by atoms with Gasteiger partial charge in [0.1, 0.15) is 12.4 Å². The molecule has 0 spiro atoms. The molecule has 2 aliphatic rings. The fourth-order valence-corrected chi connectivity index (χ4v) is 3.00. The molecule has 1 aromatic carbocycles. The summed E-state index contributed by atoms with van der Waals surface area (Å²) in [7, 11) is 4.13. The van der Waals surface area contributed by atoms with E-state index in [-0.39, 0.29) is 0 Å². The Morgan fingerprint density at radius 3 is 3.09 bits per heavy atom. The number of hydrogen-bond acceptors (Lipinski definition) is 5. The van der Waals surface area contributed by atoms with E-state index in [2.05, 4.69) is 41.8 Å². The maximum Gasteiger partial charge on any atom is 0.121 e. The summed E-state index contributed by atoms with van der Waals surface area (Å²) >= 11 is 0. The Labute approximate surface area is 133 Å². The quantitative estimate of drug-likeness (QED) is 0.833. The van der Waals surface area contributed by atoms with Crippen LogP contribution in [0, 0.1) is 0 Å². The van der Waals surface area contributed by atoms with Crippen molar-refractivity contribution in [3.05, 3.63) is 23.3 Å². The van der Waals surface area contributed by atoms with Crippen LogP contribution in [-0.2, 0) is 17.7 Å². The summed E-state index contributed by atoms with van der Waals surface area (Å²) in [5, 5.41) is 7.12. The third-order valence-corrected chi connectivity index (χ3v) is 4.29. The van der Waals surface area contributed by atoms with E-state index in [1.165, 1.54) is 16.8 Å². The van der Waals surface area contributed by atoms with Gasteiger partial charge in [-0.3, -0.25) is 0 Å². The molecule has 0 bridgehead atoms. The standard InChI is InChI=1S/C17H27N3O2/c1-20(2)6-8-22-15-9-13-3-5-18-11-16(13)17(10-15)19-14-4-7-21-12-14/h9-10,14,18-19H,3-8,11-12H2,1-2H3/t14-/m1/s1. The third-order valence-electron chi connectivity index (χ3n) is 4.29. The van der Waals surface area contributed by atoms with Crippen LogP contribution in [0.2, 0.25) is 0 Å². The number of rotatable bonds is 6. The van der Waals surface area contributed by atoms with Crippen LogP contribution in [0.4, 0.5) is 5.69 Å². The maximum absolute atomic E-state index is 5.95. The van der Waals surface area contributed by atoms with Crippen molar-refractivity contribution in [2.45, 2.75) is 25.4 Å². The van der Waals surface area contributed by atoms with E-state index in [0.29, 0.717) is 6.04 Å². The topological polar surface area (TPSA) is 45.8 Å². The summed E-state index contributed by atoms with van der Waals surface area (Å²) in [5.74, 6) is 0.976. The number of likely N-dealkylation sites (N-methyl/N-ethyl adjacent to an activating group) is 1. The van der Waals surface area contributed by atoms with Gasteiger partial charge >= 0.3 is 0 Å². The highest BCUT2D eigenvalue weighted by Crippen LogP contribution is 2.30. The zero-order valence-corrected chi connectivity index (χ0v) is 13.7. The molecular formula is C17H27N3O2. The van der Waals surface area contributed by atoms with Gasteiger partial charge in [-0.1, -0.05) is 0 Å². The molecule has 3 rings (SSSR count). The first-order valence-electron chi connectivity index (χ1n) is 8.20. The van der Waals surface area contributed by atoms with Crippen LogP contribution in [0.3, 0.4) is 0 Å². The van der Waals surface area contributed by atoms with Crippen molar-refractivity contribution >= 4 is 5.69 Å².